The molecule has 0 saturated heterocycles. The molecular formula is C24H26N4O8. The topological polar surface area (TPSA) is 176 Å². The van der Waals surface area contributed by atoms with Crippen molar-refractivity contribution in [1.82, 2.24) is 10.9 Å². The van der Waals surface area contributed by atoms with E-state index in [1.54, 1.807) is 36.4 Å². The molecule has 0 aliphatic carbocycles. The van der Waals surface area contributed by atoms with Gasteiger partial charge in [0.05, 0.1) is 39.5 Å². The largest absolute Gasteiger partial charge is 0.496 e. The van der Waals surface area contributed by atoms with Crippen molar-refractivity contribution >= 4 is 36.2 Å². The van der Waals surface area contributed by atoms with Gasteiger partial charge in [0.1, 0.15) is 11.5 Å². The number of nitrogens with zero attached hydrogens (tertiary/aromatic N) is 2. The van der Waals surface area contributed by atoms with Crippen LogP contribution in [0.4, 0.5) is 0 Å². The molecule has 0 aliphatic rings. The summed E-state index contributed by atoms with van der Waals surface area (Å²) in [5, 5.41) is 25.5. The van der Waals surface area contributed by atoms with Crippen LogP contribution >= 0.6 is 0 Å². The Morgan fingerprint density at radius 2 is 1.14 bits per heavy atom. The molecule has 4 N–H and O–H groups in total. The highest BCUT2D eigenvalue weighted by molar-refractivity contribution is 5.87. The van der Waals surface area contributed by atoms with Crippen LogP contribution < -0.4 is 20.3 Å². The average Bonchev–Trinajstić information content (AvgIpc) is 2.83. The van der Waals surface area contributed by atoms with Crippen molar-refractivity contribution in [1.29, 1.82) is 0 Å². The van der Waals surface area contributed by atoms with Gasteiger partial charge in [-0.2, -0.15) is 10.2 Å². The molecule has 0 saturated carbocycles. The summed E-state index contributed by atoms with van der Waals surface area (Å²) in [5.74, 6) is -2.16. The lowest BCUT2D eigenvalue weighted by Gasteiger charge is -2.07. The second-order valence-corrected chi connectivity index (χ2v) is 7.37. The Kier molecular flexibility index (Phi) is 10.6. The average molecular weight is 498 g/mol. The molecule has 2 aromatic carbocycles. The Balaban J connectivity index is 1.80. The van der Waals surface area contributed by atoms with Crippen LogP contribution in [0.5, 0.6) is 11.5 Å². The number of hydrazone groups is 2. The van der Waals surface area contributed by atoms with Crippen molar-refractivity contribution in [3.63, 3.8) is 0 Å². The minimum atomic E-state index is -0.983. The molecule has 0 unspecified atom stereocenters. The van der Waals surface area contributed by atoms with Crippen molar-refractivity contribution in [2.45, 2.75) is 25.7 Å². The third kappa shape index (κ3) is 9.25. The van der Waals surface area contributed by atoms with Crippen molar-refractivity contribution in [3.8, 4) is 11.5 Å². The van der Waals surface area contributed by atoms with Gasteiger partial charge in [0.15, 0.2) is 0 Å². The minimum Gasteiger partial charge on any atom is -0.496 e. The van der Waals surface area contributed by atoms with Gasteiger partial charge in [-0.15, -0.1) is 0 Å². The number of rotatable bonds is 13. The predicted octanol–water partition coefficient (Wildman–Crippen LogP) is 1.34. The maximum Gasteiger partial charge on any atom is 0.307 e. The monoisotopic (exact) mass is 498 g/mol. The van der Waals surface area contributed by atoms with Crippen LogP contribution in [0.25, 0.3) is 0 Å². The number of ether oxygens (including phenoxy) is 2. The van der Waals surface area contributed by atoms with E-state index < -0.39 is 23.8 Å². The molecule has 0 radical (unpaired) electrons. The van der Waals surface area contributed by atoms with Gasteiger partial charge in [-0.25, -0.2) is 10.9 Å². The van der Waals surface area contributed by atoms with Crippen molar-refractivity contribution in [2.24, 2.45) is 10.2 Å². The summed E-state index contributed by atoms with van der Waals surface area (Å²) in [5.41, 5.74) is 6.80. The van der Waals surface area contributed by atoms with E-state index in [-0.39, 0.29) is 25.7 Å². The minimum absolute atomic E-state index is 0.128. The first-order valence-corrected chi connectivity index (χ1v) is 10.6. The summed E-state index contributed by atoms with van der Waals surface area (Å²) in [6.07, 6.45) is 2.11. The molecule has 0 bridgehead atoms. The summed E-state index contributed by atoms with van der Waals surface area (Å²) < 4.78 is 10.3. The number of hydrogen-bond donors (Lipinski definition) is 4. The number of aliphatic carboxylic acids is 2. The Bertz CT molecular complexity index is 1090. The number of carboxylic acids is 2. The Morgan fingerprint density at radius 1 is 0.750 bits per heavy atom. The Labute approximate surface area is 206 Å². The first-order valence-electron chi connectivity index (χ1n) is 10.6. The van der Waals surface area contributed by atoms with E-state index in [0.717, 1.165) is 0 Å². The summed E-state index contributed by atoms with van der Waals surface area (Å²) in [4.78, 5) is 45.6. The number of amides is 2. The lowest BCUT2D eigenvalue weighted by molar-refractivity contribution is -0.137. The quantitative estimate of drug-likeness (QED) is 0.236. The molecule has 0 aromatic heterocycles. The normalized spacial score (nSPS) is 10.8. The fraction of sp³-hybridized carbons (Fsp3) is 0.250. The van der Waals surface area contributed by atoms with Gasteiger partial charge in [-0.1, -0.05) is 24.3 Å². The molecular weight excluding hydrogens is 472 g/mol. The smallest absolute Gasteiger partial charge is 0.307 e. The van der Waals surface area contributed by atoms with Gasteiger partial charge in [0.2, 0.25) is 11.8 Å². The lowest BCUT2D eigenvalue weighted by Crippen LogP contribution is -2.22. The van der Waals surface area contributed by atoms with Crippen LogP contribution in [0, 0.1) is 0 Å². The predicted molar refractivity (Wildman–Crippen MR) is 129 cm³/mol. The first-order chi connectivity index (χ1) is 17.2. The number of methoxy groups -OCH3 is 2. The molecule has 2 rings (SSSR count). The van der Waals surface area contributed by atoms with Gasteiger partial charge in [0.25, 0.3) is 0 Å². The second kappa shape index (κ2) is 13.8. The number of carbonyl (C=O) groups excluding carboxylic acids is 2. The Hall–Kier alpha value is -4.74. The van der Waals surface area contributed by atoms with Crippen LogP contribution in [0.3, 0.4) is 0 Å². The van der Waals surface area contributed by atoms with Crippen molar-refractivity contribution < 1.29 is 38.9 Å². The molecule has 36 heavy (non-hydrogen) atoms. The van der Waals surface area contributed by atoms with E-state index in [9.17, 15) is 19.2 Å². The highest BCUT2D eigenvalue weighted by atomic mass is 16.5. The maximum atomic E-state index is 11.9. The second-order valence-electron chi connectivity index (χ2n) is 7.37. The highest BCUT2D eigenvalue weighted by Gasteiger charge is 2.10. The van der Waals surface area contributed by atoms with Gasteiger partial charge in [-0.3, -0.25) is 19.2 Å². The van der Waals surface area contributed by atoms with Crippen LogP contribution in [-0.4, -0.2) is 60.6 Å². The van der Waals surface area contributed by atoms with Gasteiger partial charge < -0.3 is 19.7 Å². The maximum absolute atomic E-state index is 11.9. The lowest BCUT2D eigenvalue weighted by atomic mass is 10.1. The number of benzene rings is 2. The zero-order valence-electron chi connectivity index (χ0n) is 19.7. The van der Waals surface area contributed by atoms with Crippen molar-refractivity contribution in [2.75, 3.05) is 14.2 Å². The van der Waals surface area contributed by atoms with Crippen LogP contribution in [-0.2, 0) is 32.0 Å². The van der Waals surface area contributed by atoms with E-state index >= 15 is 0 Å². The summed E-state index contributed by atoms with van der Waals surface area (Å²) in [6, 6.07) is 9.65. The number of carbonyl (C=O) groups is 4. The van der Waals surface area contributed by atoms with Crippen molar-refractivity contribution in [3.05, 3.63) is 58.7 Å². The molecule has 0 aliphatic heterocycles. The molecule has 0 atom stereocenters. The molecule has 190 valence electrons. The molecule has 0 fully saturated rings. The van der Waals surface area contributed by atoms with Gasteiger partial charge >= 0.3 is 11.9 Å². The fourth-order valence-corrected chi connectivity index (χ4v) is 3.00. The van der Waals surface area contributed by atoms with E-state index in [1.165, 1.54) is 26.6 Å². The zero-order valence-corrected chi connectivity index (χ0v) is 19.7. The third-order valence-corrected chi connectivity index (χ3v) is 4.69. The zero-order chi connectivity index (χ0) is 26.5. The molecule has 2 aromatic rings. The summed E-state index contributed by atoms with van der Waals surface area (Å²) in [6.45, 7) is 0. The SMILES string of the molecule is COc1cc(/C=N/NC(=O)CCC(=O)N/N=C/c2ccc(CC(=O)O)c(OC)c2)ccc1CC(=O)O. The van der Waals surface area contributed by atoms with E-state index in [4.69, 9.17) is 19.7 Å². The van der Waals surface area contributed by atoms with Gasteiger partial charge in [0, 0.05) is 24.0 Å². The number of hydrogen-bond acceptors (Lipinski definition) is 8. The molecule has 2 amide bonds. The van der Waals surface area contributed by atoms with Crippen LogP contribution in [0.15, 0.2) is 46.6 Å². The highest BCUT2D eigenvalue weighted by Crippen LogP contribution is 2.21. The van der Waals surface area contributed by atoms with E-state index in [2.05, 4.69) is 21.1 Å². The standard InChI is InChI=1S/C24H26N4O8/c1-35-19-9-15(3-5-17(19)11-23(31)32)13-25-27-21(29)7-8-22(30)28-26-14-16-4-6-18(12-24(33)34)20(10-16)36-2/h3-6,9-10,13-14H,7-8,11-12H2,1-2H3,(H,27,29)(H,28,30)(H,31,32)(H,33,34)/b25-13+,26-14+. The number of nitrogens with one attached hydrogen (secondary N) is 2. The first kappa shape index (κ1) is 27.5. The van der Waals surface area contributed by atoms with Gasteiger partial charge in [-0.05, 0) is 23.3 Å². The summed E-state index contributed by atoms with van der Waals surface area (Å²) in [7, 11) is 2.85. The fourth-order valence-electron chi connectivity index (χ4n) is 3.00. The number of carboxylic acid groups (broad SMARTS) is 2. The molecule has 12 heteroatoms. The molecule has 0 heterocycles. The Morgan fingerprint density at radius 3 is 1.47 bits per heavy atom. The third-order valence-electron chi connectivity index (χ3n) is 4.69. The van der Waals surface area contributed by atoms with E-state index in [0.29, 0.717) is 33.8 Å². The molecule has 0 spiro atoms. The summed E-state index contributed by atoms with van der Waals surface area (Å²) >= 11 is 0. The van der Waals surface area contributed by atoms with Crippen LogP contribution in [0.2, 0.25) is 0 Å². The molecule has 12 nitrogen and oxygen atoms in total. The van der Waals surface area contributed by atoms with E-state index in [1.807, 2.05) is 0 Å². The van der Waals surface area contributed by atoms with Crippen LogP contribution in [0.1, 0.15) is 35.1 Å².